The first-order chi connectivity index (χ1) is 7.70. The molecule has 1 aliphatic heterocycles. The third-order valence-corrected chi connectivity index (χ3v) is 2.60. The maximum absolute atomic E-state index is 9.42. The molecule has 0 unspecified atom stereocenters. The molecule has 7 heteroatoms. The Morgan fingerprint density at radius 2 is 2.56 bits per heavy atom. The molecule has 1 aliphatic rings. The van der Waals surface area contributed by atoms with E-state index in [9.17, 15) is 5.11 Å². The lowest BCUT2D eigenvalue weighted by atomic mass is 10.1. The molecule has 3 atom stereocenters. The largest absolute Gasteiger partial charge is 0.389 e. The number of rotatable bonds is 4. The zero-order chi connectivity index (χ0) is 11.5. The van der Waals surface area contributed by atoms with Crippen molar-refractivity contribution in [2.45, 2.75) is 31.4 Å². The molecule has 1 fully saturated rings. The molecule has 0 radical (unpaired) electrons. The van der Waals surface area contributed by atoms with Gasteiger partial charge in [-0.05, 0) is 0 Å². The van der Waals surface area contributed by atoms with Crippen LogP contribution in [0.1, 0.15) is 5.69 Å². The number of hydrogen-bond donors (Lipinski definition) is 2. The Morgan fingerprint density at radius 1 is 1.75 bits per heavy atom. The lowest BCUT2D eigenvalue weighted by Gasteiger charge is -2.14. The van der Waals surface area contributed by atoms with Crippen LogP contribution in [0.2, 0.25) is 0 Å². The van der Waals surface area contributed by atoms with E-state index in [2.05, 4.69) is 10.3 Å². The topological polar surface area (TPSA) is 95.4 Å². The summed E-state index contributed by atoms with van der Waals surface area (Å²) in [6.45, 7) is 1.21. The molecule has 0 amide bonds. The van der Waals surface area contributed by atoms with Crippen LogP contribution in [0.15, 0.2) is 6.20 Å². The zero-order valence-electron chi connectivity index (χ0n) is 9.11. The van der Waals surface area contributed by atoms with Crippen LogP contribution in [0.25, 0.3) is 0 Å². The van der Waals surface area contributed by atoms with Crippen molar-refractivity contribution in [3.8, 4) is 0 Å². The lowest BCUT2D eigenvalue weighted by Crippen LogP contribution is -2.40. The van der Waals surface area contributed by atoms with Gasteiger partial charge in [-0.25, -0.2) is 4.68 Å². The summed E-state index contributed by atoms with van der Waals surface area (Å²) in [5.74, 6) is 0. The van der Waals surface area contributed by atoms with Crippen LogP contribution in [0.5, 0.6) is 0 Å². The second-order valence-corrected chi connectivity index (χ2v) is 3.88. The van der Waals surface area contributed by atoms with Gasteiger partial charge in [-0.1, -0.05) is 5.21 Å². The summed E-state index contributed by atoms with van der Waals surface area (Å²) in [4.78, 5) is 0. The molecule has 1 aromatic heterocycles. The second-order valence-electron chi connectivity index (χ2n) is 3.88. The molecule has 0 saturated carbocycles. The number of nitrogens with two attached hydrogens (primary N) is 1. The van der Waals surface area contributed by atoms with Crippen LogP contribution in [0.4, 0.5) is 0 Å². The van der Waals surface area contributed by atoms with Gasteiger partial charge in [-0.15, -0.1) is 5.10 Å². The Kier molecular flexibility index (Phi) is 3.49. The minimum Gasteiger partial charge on any atom is -0.389 e. The molecule has 0 bridgehead atoms. The maximum Gasteiger partial charge on any atom is 0.108 e. The van der Waals surface area contributed by atoms with E-state index < -0.39 is 6.10 Å². The van der Waals surface area contributed by atoms with E-state index in [4.69, 9.17) is 15.2 Å². The molecule has 0 aromatic carbocycles. The van der Waals surface area contributed by atoms with E-state index in [-0.39, 0.29) is 18.8 Å². The van der Waals surface area contributed by atoms with Crippen molar-refractivity contribution in [3.05, 3.63) is 11.9 Å². The van der Waals surface area contributed by atoms with Crippen molar-refractivity contribution in [1.29, 1.82) is 0 Å². The summed E-state index contributed by atoms with van der Waals surface area (Å²) >= 11 is 0. The monoisotopic (exact) mass is 228 g/mol. The van der Waals surface area contributed by atoms with Gasteiger partial charge < -0.3 is 20.3 Å². The quantitative estimate of drug-likeness (QED) is 0.652. The predicted molar refractivity (Wildman–Crippen MR) is 54.5 cm³/mol. The molecule has 16 heavy (non-hydrogen) atoms. The number of methoxy groups -OCH3 is 1. The fraction of sp³-hybridized carbons (Fsp3) is 0.778. The predicted octanol–water partition coefficient (Wildman–Crippen LogP) is -1.49. The molecule has 3 N–H and O–H groups in total. The molecule has 0 spiro atoms. The minimum absolute atomic E-state index is 0.216. The van der Waals surface area contributed by atoms with Gasteiger partial charge in [0.25, 0.3) is 0 Å². The number of hydrogen-bond acceptors (Lipinski definition) is 6. The zero-order valence-corrected chi connectivity index (χ0v) is 9.11. The molecule has 1 saturated heterocycles. The Labute approximate surface area is 93.1 Å². The van der Waals surface area contributed by atoms with E-state index in [0.717, 1.165) is 5.69 Å². The summed E-state index contributed by atoms with van der Waals surface area (Å²) in [6.07, 6.45) is 0.976. The van der Waals surface area contributed by atoms with Gasteiger partial charge in [-0.2, -0.15) is 0 Å². The van der Waals surface area contributed by atoms with E-state index in [0.29, 0.717) is 13.2 Å². The molecule has 2 heterocycles. The highest BCUT2D eigenvalue weighted by molar-refractivity contribution is 4.92. The van der Waals surface area contributed by atoms with Gasteiger partial charge in [0.1, 0.15) is 5.69 Å². The van der Waals surface area contributed by atoms with Crippen LogP contribution in [-0.2, 0) is 22.6 Å². The van der Waals surface area contributed by atoms with E-state index in [1.54, 1.807) is 18.0 Å². The van der Waals surface area contributed by atoms with Crippen molar-refractivity contribution in [1.82, 2.24) is 15.0 Å². The van der Waals surface area contributed by atoms with Crippen molar-refractivity contribution in [2.24, 2.45) is 5.73 Å². The third-order valence-electron chi connectivity index (χ3n) is 2.60. The van der Waals surface area contributed by atoms with Gasteiger partial charge in [0.05, 0.1) is 44.2 Å². The highest BCUT2D eigenvalue weighted by atomic mass is 16.5. The van der Waals surface area contributed by atoms with E-state index >= 15 is 0 Å². The smallest absolute Gasteiger partial charge is 0.108 e. The first kappa shape index (κ1) is 11.5. The highest BCUT2D eigenvalue weighted by Crippen LogP contribution is 2.13. The summed E-state index contributed by atoms with van der Waals surface area (Å²) < 4.78 is 11.9. The van der Waals surface area contributed by atoms with E-state index in [1.165, 1.54) is 0 Å². The van der Waals surface area contributed by atoms with Crippen LogP contribution >= 0.6 is 0 Å². The van der Waals surface area contributed by atoms with Crippen molar-refractivity contribution in [2.75, 3.05) is 13.7 Å². The third kappa shape index (κ3) is 2.38. The van der Waals surface area contributed by atoms with Crippen LogP contribution < -0.4 is 5.73 Å². The van der Waals surface area contributed by atoms with Crippen molar-refractivity contribution < 1.29 is 14.6 Å². The van der Waals surface area contributed by atoms with Crippen molar-refractivity contribution >= 4 is 0 Å². The summed E-state index contributed by atoms with van der Waals surface area (Å²) in [5, 5.41) is 17.3. The first-order valence-electron chi connectivity index (χ1n) is 5.14. The summed E-state index contributed by atoms with van der Waals surface area (Å²) in [6, 6.07) is -0.366. The SMILES string of the molecule is COCc1cn(C[C@H]2OC[C@H](O)[C@H]2N)nn1. The summed E-state index contributed by atoms with van der Waals surface area (Å²) in [5.41, 5.74) is 6.53. The molecule has 7 nitrogen and oxygen atoms in total. The fourth-order valence-corrected chi connectivity index (χ4v) is 1.69. The number of aliphatic hydroxyl groups is 1. The number of aromatic nitrogens is 3. The Bertz CT molecular complexity index is 343. The lowest BCUT2D eigenvalue weighted by molar-refractivity contribution is 0.0759. The first-order valence-corrected chi connectivity index (χ1v) is 5.14. The van der Waals surface area contributed by atoms with Gasteiger partial charge in [0.15, 0.2) is 0 Å². The standard InChI is InChI=1S/C9H16N4O3/c1-15-4-6-2-13(12-11-6)3-8-9(10)7(14)5-16-8/h2,7-9,14H,3-5,10H2,1H3/t7-,8+,9+/m0/s1. The van der Waals surface area contributed by atoms with Crippen LogP contribution in [0, 0.1) is 0 Å². The average molecular weight is 228 g/mol. The molecular formula is C9H16N4O3. The highest BCUT2D eigenvalue weighted by Gasteiger charge is 2.33. The normalized spacial score (nSPS) is 29.8. The molecular weight excluding hydrogens is 212 g/mol. The molecule has 0 aliphatic carbocycles. The molecule has 2 rings (SSSR count). The van der Waals surface area contributed by atoms with Gasteiger partial charge in [0, 0.05) is 7.11 Å². The molecule has 90 valence electrons. The maximum atomic E-state index is 9.42. The van der Waals surface area contributed by atoms with Crippen molar-refractivity contribution in [3.63, 3.8) is 0 Å². The molecule has 1 aromatic rings. The Morgan fingerprint density at radius 3 is 3.19 bits per heavy atom. The van der Waals surface area contributed by atoms with Gasteiger partial charge in [0.2, 0.25) is 0 Å². The second kappa shape index (κ2) is 4.88. The fourth-order valence-electron chi connectivity index (χ4n) is 1.69. The van der Waals surface area contributed by atoms with Gasteiger partial charge >= 0.3 is 0 Å². The average Bonchev–Trinajstić information content (AvgIpc) is 2.82. The number of aliphatic hydroxyl groups excluding tert-OH is 1. The van der Waals surface area contributed by atoms with Gasteiger partial charge in [-0.3, -0.25) is 0 Å². The van der Waals surface area contributed by atoms with Crippen LogP contribution in [-0.4, -0.2) is 52.1 Å². The summed E-state index contributed by atoms with van der Waals surface area (Å²) in [7, 11) is 1.60. The minimum atomic E-state index is -0.591. The van der Waals surface area contributed by atoms with Crippen LogP contribution in [0.3, 0.4) is 0 Å². The number of nitrogens with zero attached hydrogens (tertiary/aromatic N) is 3. The van der Waals surface area contributed by atoms with E-state index in [1.807, 2.05) is 0 Å². The Balaban J connectivity index is 1.93. The Hall–Kier alpha value is -1.02. The number of ether oxygens (including phenoxy) is 2.